The molecule has 7 heteroatoms. The first kappa shape index (κ1) is 16.6. The van der Waals surface area contributed by atoms with Crippen molar-refractivity contribution in [3.8, 4) is 0 Å². The Kier molecular flexibility index (Phi) is 6.53. The summed E-state index contributed by atoms with van der Waals surface area (Å²) in [6, 6.07) is 8.18. The highest BCUT2D eigenvalue weighted by molar-refractivity contribution is 14.1. The lowest BCUT2D eigenvalue weighted by Crippen LogP contribution is -2.27. The summed E-state index contributed by atoms with van der Waals surface area (Å²) in [5, 5.41) is 5.56. The number of nitrogens with zero attached hydrogens (tertiary/aromatic N) is 1. The first-order valence-electron chi connectivity index (χ1n) is 6.61. The van der Waals surface area contributed by atoms with Crippen LogP contribution in [0, 0.1) is 9.39 Å². The molecule has 0 saturated carbocycles. The molecule has 22 heavy (non-hydrogen) atoms. The van der Waals surface area contributed by atoms with Crippen LogP contribution < -0.4 is 10.6 Å². The molecule has 1 amide bonds. The van der Waals surface area contributed by atoms with Gasteiger partial charge < -0.3 is 15.4 Å². The molecule has 0 aliphatic heterocycles. The minimum atomic E-state index is -0.318. The van der Waals surface area contributed by atoms with Gasteiger partial charge >= 0.3 is 0 Å². The van der Waals surface area contributed by atoms with Crippen LogP contribution in [0.15, 0.2) is 42.7 Å². The maximum atomic E-state index is 13.5. The predicted molar refractivity (Wildman–Crippen MR) is 90.1 cm³/mol. The van der Waals surface area contributed by atoms with E-state index in [9.17, 15) is 9.18 Å². The van der Waals surface area contributed by atoms with Gasteiger partial charge in [-0.05, 0) is 52.9 Å². The number of nitrogens with one attached hydrogen (secondary N) is 2. The molecule has 1 aromatic heterocycles. The van der Waals surface area contributed by atoms with Gasteiger partial charge in [0.05, 0.1) is 12.3 Å². The van der Waals surface area contributed by atoms with Crippen LogP contribution in [0.4, 0.5) is 10.1 Å². The molecule has 2 rings (SSSR count). The fraction of sp³-hybridized carbons (Fsp3) is 0.200. The number of halogens is 2. The fourth-order valence-electron chi connectivity index (χ4n) is 1.68. The van der Waals surface area contributed by atoms with Gasteiger partial charge in [-0.2, -0.15) is 0 Å². The molecule has 2 aromatic rings. The van der Waals surface area contributed by atoms with E-state index < -0.39 is 0 Å². The second-order valence-corrected chi connectivity index (χ2v) is 5.59. The van der Waals surface area contributed by atoms with Crippen LogP contribution in [-0.4, -0.2) is 30.8 Å². The number of rotatable bonds is 7. The van der Waals surface area contributed by atoms with E-state index in [-0.39, 0.29) is 18.5 Å². The smallest absolute Gasteiger partial charge is 0.251 e. The van der Waals surface area contributed by atoms with Crippen molar-refractivity contribution in [2.45, 2.75) is 0 Å². The molecule has 0 aliphatic carbocycles. The number of amides is 1. The Hall–Kier alpha value is -1.74. The molecule has 1 heterocycles. The number of carbonyl (C=O) groups is 1. The number of hydrogen-bond acceptors (Lipinski definition) is 4. The topological polar surface area (TPSA) is 63.2 Å². The van der Waals surface area contributed by atoms with Crippen molar-refractivity contribution in [1.29, 1.82) is 0 Å². The van der Waals surface area contributed by atoms with Gasteiger partial charge in [0.2, 0.25) is 0 Å². The van der Waals surface area contributed by atoms with Gasteiger partial charge in [-0.1, -0.05) is 0 Å². The van der Waals surface area contributed by atoms with Crippen molar-refractivity contribution in [2.24, 2.45) is 0 Å². The van der Waals surface area contributed by atoms with Crippen molar-refractivity contribution in [1.82, 2.24) is 10.3 Å². The van der Waals surface area contributed by atoms with Crippen molar-refractivity contribution in [3.63, 3.8) is 0 Å². The summed E-state index contributed by atoms with van der Waals surface area (Å²) >= 11 is 2.05. The van der Waals surface area contributed by atoms with Crippen LogP contribution in [0.3, 0.4) is 0 Å². The fourth-order valence-corrected chi connectivity index (χ4v) is 2.13. The number of ether oxygens (including phenoxy) is 1. The Morgan fingerprint density at radius 2 is 2.05 bits per heavy atom. The summed E-state index contributed by atoms with van der Waals surface area (Å²) in [5.41, 5.74) is 0.940. The van der Waals surface area contributed by atoms with Crippen molar-refractivity contribution >= 4 is 34.2 Å². The van der Waals surface area contributed by atoms with Crippen molar-refractivity contribution in [2.75, 3.05) is 25.2 Å². The Morgan fingerprint density at radius 1 is 1.27 bits per heavy atom. The molecule has 5 nitrogen and oxygen atoms in total. The quantitative estimate of drug-likeness (QED) is 0.415. The molecule has 0 saturated heterocycles. The van der Waals surface area contributed by atoms with Gasteiger partial charge in [-0.15, -0.1) is 0 Å². The second-order valence-electron chi connectivity index (χ2n) is 4.35. The highest BCUT2D eigenvalue weighted by Crippen LogP contribution is 2.16. The van der Waals surface area contributed by atoms with E-state index in [2.05, 4.69) is 15.6 Å². The standard InChI is InChI=1S/C15H15FIN3O2/c16-13-9-12(17)1-2-14(13)20-10-22-8-7-19-15(21)11-3-5-18-6-4-11/h1-6,9,20H,7-8,10H2,(H,19,21). The van der Waals surface area contributed by atoms with E-state index in [4.69, 9.17) is 4.74 Å². The number of aromatic nitrogens is 1. The first-order chi connectivity index (χ1) is 10.7. The molecule has 0 spiro atoms. The molecule has 0 aliphatic rings. The summed E-state index contributed by atoms with van der Waals surface area (Å²) in [6.45, 7) is 0.871. The van der Waals surface area contributed by atoms with E-state index in [0.29, 0.717) is 24.4 Å². The van der Waals surface area contributed by atoms with Crippen LogP contribution in [0.25, 0.3) is 0 Å². The molecule has 2 N–H and O–H groups in total. The third-order valence-electron chi connectivity index (χ3n) is 2.77. The molecular weight excluding hydrogens is 400 g/mol. The lowest BCUT2D eigenvalue weighted by Gasteiger charge is -2.09. The number of carbonyl (C=O) groups excluding carboxylic acids is 1. The summed E-state index contributed by atoms with van der Waals surface area (Å²) in [6.07, 6.45) is 3.12. The Labute approximate surface area is 141 Å². The van der Waals surface area contributed by atoms with Crippen LogP contribution in [-0.2, 0) is 4.74 Å². The van der Waals surface area contributed by atoms with E-state index >= 15 is 0 Å². The van der Waals surface area contributed by atoms with E-state index in [1.54, 1.807) is 36.7 Å². The Bertz CT molecular complexity index is 625. The van der Waals surface area contributed by atoms with E-state index in [0.717, 1.165) is 3.57 Å². The molecule has 1 aromatic carbocycles. The zero-order chi connectivity index (χ0) is 15.8. The second kappa shape index (κ2) is 8.64. The summed E-state index contributed by atoms with van der Waals surface area (Å²) in [5.74, 6) is -0.496. The maximum absolute atomic E-state index is 13.5. The van der Waals surface area contributed by atoms with Crippen molar-refractivity contribution < 1.29 is 13.9 Å². The lowest BCUT2D eigenvalue weighted by atomic mass is 10.2. The summed E-state index contributed by atoms with van der Waals surface area (Å²) in [7, 11) is 0. The first-order valence-corrected chi connectivity index (χ1v) is 7.69. The minimum absolute atomic E-state index is 0.169. The van der Waals surface area contributed by atoms with Gasteiger partial charge in [-0.3, -0.25) is 9.78 Å². The third-order valence-corrected chi connectivity index (χ3v) is 3.44. The van der Waals surface area contributed by atoms with Crippen LogP contribution in [0.2, 0.25) is 0 Å². The molecular formula is C15H15FIN3O2. The van der Waals surface area contributed by atoms with Gasteiger partial charge in [-0.25, -0.2) is 4.39 Å². The van der Waals surface area contributed by atoms with E-state index in [1.807, 2.05) is 22.6 Å². The number of pyridine rings is 1. The summed E-state index contributed by atoms with van der Waals surface area (Å²) < 4.78 is 19.7. The maximum Gasteiger partial charge on any atom is 0.251 e. The highest BCUT2D eigenvalue weighted by atomic mass is 127. The largest absolute Gasteiger partial charge is 0.360 e. The molecule has 116 valence electrons. The lowest BCUT2D eigenvalue weighted by molar-refractivity contribution is 0.0924. The minimum Gasteiger partial charge on any atom is -0.360 e. The average Bonchev–Trinajstić information content (AvgIpc) is 2.53. The van der Waals surface area contributed by atoms with Gasteiger partial charge in [0.15, 0.2) is 0 Å². The molecule has 0 fully saturated rings. The molecule has 0 radical (unpaired) electrons. The Balaban J connectivity index is 1.62. The number of anilines is 1. The van der Waals surface area contributed by atoms with Crippen LogP contribution in [0.1, 0.15) is 10.4 Å². The Morgan fingerprint density at radius 3 is 2.77 bits per heavy atom. The average molecular weight is 415 g/mol. The highest BCUT2D eigenvalue weighted by Gasteiger charge is 2.04. The molecule has 0 atom stereocenters. The van der Waals surface area contributed by atoms with Crippen LogP contribution in [0.5, 0.6) is 0 Å². The van der Waals surface area contributed by atoms with Gasteiger partial charge in [0, 0.05) is 28.1 Å². The molecule has 0 unspecified atom stereocenters. The van der Waals surface area contributed by atoms with Crippen LogP contribution >= 0.6 is 22.6 Å². The zero-order valence-electron chi connectivity index (χ0n) is 11.7. The van der Waals surface area contributed by atoms with Gasteiger partial charge in [0.1, 0.15) is 12.5 Å². The third kappa shape index (κ3) is 5.23. The monoisotopic (exact) mass is 415 g/mol. The zero-order valence-corrected chi connectivity index (χ0v) is 13.8. The van der Waals surface area contributed by atoms with Gasteiger partial charge in [0.25, 0.3) is 5.91 Å². The SMILES string of the molecule is O=C(NCCOCNc1ccc(I)cc1F)c1ccncc1. The molecule has 0 bridgehead atoms. The predicted octanol–water partition coefficient (Wildman–Crippen LogP) is 2.64. The van der Waals surface area contributed by atoms with Crippen molar-refractivity contribution in [3.05, 3.63) is 57.7 Å². The van der Waals surface area contributed by atoms with E-state index in [1.165, 1.54) is 6.07 Å². The summed E-state index contributed by atoms with van der Waals surface area (Å²) in [4.78, 5) is 15.6. The normalized spacial score (nSPS) is 10.3. The number of hydrogen-bond donors (Lipinski definition) is 2. The number of benzene rings is 1.